The first-order chi connectivity index (χ1) is 15.7. The van der Waals surface area contributed by atoms with E-state index in [2.05, 4.69) is 45.3 Å². The van der Waals surface area contributed by atoms with Crippen LogP contribution >= 0.6 is 0 Å². The van der Waals surface area contributed by atoms with E-state index < -0.39 is 0 Å². The molecule has 6 heteroatoms. The molecule has 2 atom stereocenters. The quantitative estimate of drug-likeness (QED) is 0.662. The minimum atomic E-state index is 0.0267. The van der Waals surface area contributed by atoms with Gasteiger partial charge in [0.05, 0.1) is 12.5 Å². The molecule has 0 spiro atoms. The van der Waals surface area contributed by atoms with Crippen molar-refractivity contribution in [2.24, 2.45) is 5.92 Å². The van der Waals surface area contributed by atoms with Crippen molar-refractivity contribution in [3.63, 3.8) is 0 Å². The predicted octanol–water partition coefficient (Wildman–Crippen LogP) is 3.88. The molecule has 1 amide bonds. The van der Waals surface area contributed by atoms with Crippen LogP contribution in [0.25, 0.3) is 22.2 Å². The Hall–Kier alpha value is -2.70. The molecule has 2 unspecified atom stereocenters. The Bertz CT molecular complexity index is 1170. The first-order valence-electron chi connectivity index (χ1n) is 11.9. The van der Waals surface area contributed by atoms with E-state index in [1.165, 1.54) is 46.0 Å². The summed E-state index contributed by atoms with van der Waals surface area (Å²) < 4.78 is 5.47. The van der Waals surface area contributed by atoms with E-state index in [1.54, 1.807) is 0 Å². The molecule has 166 valence electrons. The van der Waals surface area contributed by atoms with Crippen molar-refractivity contribution >= 4 is 16.9 Å². The van der Waals surface area contributed by atoms with Gasteiger partial charge in [-0.1, -0.05) is 0 Å². The minimum Gasteiger partial charge on any atom is -0.381 e. The van der Waals surface area contributed by atoms with Gasteiger partial charge in [-0.25, -0.2) is 4.98 Å². The Morgan fingerprint density at radius 1 is 1.22 bits per heavy atom. The predicted molar refractivity (Wildman–Crippen MR) is 124 cm³/mol. The van der Waals surface area contributed by atoms with Gasteiger partial charge in [0.1, 0.15) is 5.65 Å². The van der Waals surface area contributed by atoms with Crippen LogP contribution in [0.3, 0.4) is 0 Å². The van der Waals surface area contributed by atoms with Crippen molar-refractivity contribution < 1.29 is 9.53 Å². The van der Waals surface area contributed by atoms with Gasteiger partial charge in [-0.05, 0) is 85.2 Å². The second-order valence-corrected chi connectivity index (χ2v) is 9.51. The number of amides is 1. The summed E-state index contributed by atoms with van der Waals surface area (Å²) in [6.45, 7) is 5.96. The highest BCUT2D eigenvalue weighted by molar-refractivity contribution is 5.85. The number of ether oxygens (including phenoxy) is 1. The number of nitrogens with zero attached hydrogens (tertiary/aromatic N) is 2. The third kappa shape index (κ3) is 3.42. The lowest BCUT2D eigenvalue weighted by Gasteiger charge is -2.33. The van der Waals surface area contributed by atoms with Crippen molar-refractivity contribution in [2.45, 2.75) is 45.2 Å². The zero-order valence-electron chi connectivity index (χ0n) is 18.6. The van der Waals surface area contributed by atoms with Crippen LogP contribution in [-0.4, -0.2) is 47.1 Å². The average molecular weight is 431 g/mol. The number of benzene rings is 1. The molecule has 2 fully saturated rings. The number of aryl methyl sites for hydroxylation is 1. The van der Waals surface area contributed by atoms with E-state index in [0.29, 0.717) is 25.8 Å². The zero-order chi connectivity index (χ0) is 21.7. The number of carbonyl (C=O) groups is 1. The van der Waals surface area contributed by atoms with Gasteiger partial charge in [-0.3, -0.25) is 4.79 Å². The van der Waals surface area contributed by atoms with Gasteiger partial charge in [-0.15, -0.1) is 0 Å². The maximum Gasteiger partial charge on any atom is 0.228 e. The number of rotatable bonds is 3. The van der Waals surface area contributed by atoms with Crippen molar-refractivity contribution in [1.29, 1.82) is 0 Å². The van der Waals surface area contributed by atoms with E-state index in [9.17, 15) is 4.79 Å². The molecule has 0 radical (unpaired) electrons. The number of nitrogens with one attached hydrogen (secondary N) is 2. The lowest BCUT2D eigenvalue weighted by atomic mass is 9.86. The van der Waals surface area contributed by atoms with Crippen LogP contribution in [0.2, 0.25) is 0 Å². The van der Waals surface area contributed by atoms with Crippen LogP contribution in [-0.2, 0) is 22.5 Å². The number of carbonyl (C=O) groups excluding carboxylic acids is 1. The van der Waals surface area contributed by atoms with Crippen LogP contribution in [0.1, 0.15) is 47.6 Å². The average Bonchev–Trinajstić information content (AvgIpc) is 3.60. The third-order valence-electron chi connectivity index (χ3n) is 7.47. The van der Waals surface area contributed by atoms with Gasteiger partial charge >= 0.3 is 0 Å². The number of H-pyrrole nitrogens is 1. The molecule has 1 aromatic carbocycles. The molecule has 2 saturated heterocycles. The van der Waals surface area contributed by atoms with E-state index in [-0.39, 0.29) is 11.8 Å². The van der Waals surface area contributed by atoms with E-state index >= 15 is 0 Å². The summed E-state index contributed by atoms with van der Waals surface area (Å²) in [6.07, 6.45) is 8.14. The fourth-order valence-corrected chi connectivity index (χ4v) is 5.63. The molecule has 5 heterocycles. The number of hydrogen-bond acceptors (Lipinski definition) is 4. The Balaban J connectivity index is 1.40. The summed E-state index contributed by atoms with van der Waals surface area (Å²) in [5.41, 5.74) is 8.60. The smallest absolute Gasteiger partial charge is 0.228 e. The van der Waals surface area contributed by atoms with Gasteiger partial charge < -0.3 is 19.9 Å². The molecule has 0 bridgehead atoms. The summed E-state index contributed by atoms with van der Waals surface area (Å²) in [4.78, 5) is 23.0. The summed E-state index contributed by atoms with van der Waals surface area (Å²) in [5.74, 6) is 0.281. The van der Waals surface area contributed by atoms with Gasteiger partial charge in [0, 0.05) is 49.1 Å². The topological polar surface area (TPSA) is 70.2 Å². The standard InChI is InChI=1S/C26H30N4O2/c1-16-12-28-25-22(16)11-19(13-29-25)18-9-20-14-30(26(31)17-5-8-32-15-17)7-4-21(20)23(10-18)24-3-2-6-27-24/h9-13,17,24,27H,2-8,14-15H2,1H3,(H,28,29). The third-order valence-corrected chi connectivity index (χ3v) is 7.47. The van der Waals surface area contributed by atoms with Crippen molar-refractivity contribution in [1.82, 2.24) is 20.2 Å². The Morgan fingerprint density at radius 2 is 2.16 bits per heavy atom. The van der Waals surface area contributed by atoms with Gasteiger partial charge in [0.15, 0.2) is 0 Å². The fraction of sp³-hybridized carbons (Fsp3) is 0.462. The van der Waals surface area contributed by atoms with Crippen molar-refractivity contribution in [2.75, 3.05) is 26.3 Å². The van der Waals surface area contributed by atoms with Crippen LogP contribution < -0.4 is 5.32 Å². The molecular weight excluding hydrogens is 400 g/mol. The number of hydrogen-bond donors (Lipinski definition) is 2. The molecule has 0 aliphatic carbocycles. The second kappa shape index (κ2) is 8.01. The minimum absolute atomic E-state index is 0.0267. The molecule has 0 saturated carbocycles. The zero-order valence-corrected chi connectivity index (χ0v) is 18.6. The maximum absolute atomic E-state index is 13.1. The van der Waals surface area contributed by atoms with Crippen LogP contribution in [0.15, 0.2) is 30.6 Å². The molecule has 6 nitrogen and oxygen atoms in total. The number of pyridine rings is 1. The lowest BCUT2D eigenvalue weighted by molar-refractivity contribution is -0.136. The van der Waals surface area contributed by atoms with Gasteiger partial charge in [0.2, 0.25) is 5.91 Å². The monoisotopic (exact) mass is 430 g/mol. The van der Waals surface area contributed by atoms with Crippen LogP contribution in [0.4, 0.5) is 0 Å². The Kier molecular flexibility index (Phi) is 5.00. The number of fused-ring (bicyclic) bond motifs is 2. The first-order valence-corrected chi connectivity index (χ1v) is 11.9. The largest absolute Gasteiger partial charge is 0.381 e. The molecule has 32 heavy (non-hydrogen) atoms. The number of aromatic amines is 1. The molecule has 3 aliphatic rings. The van der Waals surface area contributed by atoms with Crippen LogP contribution in [0, 0.1) is 12.8 Å². The maximum atomic E-state index is 13.1. The highest BCUT2D eigenvalue weighted by Crippen LogP contribution is 2.36. The molecule has 3 aliphatic heterocycles. The second-order valence-electron chi connectivity index (χ2n) is 9.51. The van der Waals surface area contributed by atoms with Gasteiger partial charge in [0.25, 0.3) is 0 Å². The van der Waals surface area contributed by atoms with E-state index in [1.807, 2.05) is 12.4 Å². The highest BCUT2D eigenvalue weighted by Gasteiger charge is 2.32. The SMILES string of the molecule is Cc1c[nH]c2ncc(-c3cc4c(c(C5CCCN5)c3)CCN(C(=O)C3CCOC3)C4)cc12. The molecule has 2 N–H and O–H groups in total. The normalized spacial score (nSPS) is 23.1. The summed E-state index contributed by atoms with van der Waals surface area (Å²) >= 11 is 0. The fourth-order valence-electron chi connectivity index (χ4n) is 5.63. The van der Waals surface area contributed by atoms with Crippen molar-refractivity contribution in [3.05, 3.63) is 52.8 Å². The Labute approximate surface area is 188 Å². The van der Waals surface area contributed by atoms with E-state index in [0.717, 1.165) is 37.1 Å². The summed E-state index contributed by atoms with van der Waals surface area (Å²) in [5, 5.41) is 4.86. The van der Waals surface area contributed by atoms with Gasteiger partial charge in [-0.2, -0.15) is 0 Å². The first kappa shape index (κ1) is 19.9. The molecular formula is C26H30N4O2. The van der Waals surface area contributed by atoms with Crippen LogP contribution in [0.5, 0.6) is 0 Å². The summed E-state index contributed by atoms with van der Waals surface area (Å²) in [6, 6.07) is 7.31. The Morgan fingerprint density at radius 3 is 2.97 bits per heavy atom. The lowest BCUT2D eigenvalue weighted by Crippen LogP contribution is -2.40. The van der Waals surface area contributed by atoms with E-state index in [4.69, 9.17) is 4.74 Å². The molecule has 6 rings (SSSR count). The molecule has 2 aromatic heterocycles. The van der Waals surface area contributed by atoms with Crippen molar-refractivity contribution in [3.8, 4) is 11.1 Å². The molecule has 3 aromatic rings. The highest BCUT2D eigenvalue weighted by atomic mass is 16.5. The summed E-state index contributed by atoms with van der Waals surface area (Å²) in [7, 11) is 0. The number of aromatic nitrogens is 2.